The highest BCUT2D eigenvalue weighted by molar-refractivity contribution is 8.18. The van der Waals surface area contributed by atoms with E-state index in [1.807, 2.05) is 19.1 Å². The van der Waals surface area contributed by atoms with Crippen LogP contribution in [-0.4, -0.2) is 23.1 Å². The Bertz CT molecular complexity index is 462. The van der Waals surface area contributed by atoms with Crippen molar-refractivity contribution in [1.29, 1.82) is 0 Å². The van der Waals surface area contributed by atoms with Crippen molar-refractivity contribution in [3.63, 3.8) is 0 Å². The number of imide groups is 1. The second-order valence-corrected chi connectivity index (χ2v) is 5.50. The van der Waals surface area contributed by atoms with E-state index in [0.29, 0.717) is 4.91 Å². The molecule has 2 heterocycles. The number of nitrogens with zero attached hydrogens (tertiary/aromatic N) is 1. The van der Waals surface area contributed by atoms with Gasteiger partial charge >= 0.3 is 0 Å². The fourth-order valence-electron chi connectivity index (χ4n) is 1.21. The van der Waals surface area contributed by atoms with Crippen molar-refractivity contribution >= 4 is 40.3 Å². The zero-order chi connectivity index (χ0) is 11.0. The van der Waals surface area contributed by atoms with E-state index in [0.717, 1.165) is 21.5 Å². The molecule has 0 unspecified atom stereocenters. The molecule has 0 N–H and O–H groups in total. The Morgan fingerprint density at radius 2 is 2.07 bits per heavy atom. The summed E-state index contributed by atoms with van der Waals surface area (Å²) in [5, 5.41) is -0.209. The van der Waals surface area contributed by atoms with Crippen LogP contribution in [0.2, 0.25) is 0 Å². The Kier molecular flexibility index (Phi) is 2.67. The maximum Gasteiger partial charge on any atom is 0.293 e. The average Bonchev–Trinajstić information content (AvgIpc) is 2.68. The lowest BCUT2D eigenvalue weighted by atomic mass is 10.4. The van der Waals surface area contributed by atoms with E-state index in [9.17, 15) is 9.59 Å². The van der Waals surface area contributed by atoms with Crippen molar-refractivity contribution in [2.75, 3.05) is 7.05 Å². The van der Waals surface area contributed by atoms with Crippen LogP contribution in [0.25, 0.3) is 6.08 Å². The number of carbonyl (C=O) groups excluding carboxylic acids is 2. The van der Waals surface area contributed by atoms with Gasteiger partial charge in [-0.1, -0.05) is 0 Å². The molecule has 5 heteroatoms. The molecular formula is C10H9NO2S2. The molecule has 0 aliphatic carbocycles. The summed E-state index contributed by atoms with van der Waals surface area (Å²) in [5.41, 5.74) is 0. The predicted molar refractivity (Wildman–Crippen MR) is 62.8 cm³/mol. The summed E-state index contributed by atoms with van der Waals surface area (Å²) >= 11 is 2.60. The third-order valence-electron chi connectivity index (χ3n) is 2.02. The second-order valence-electron chi connectivity index (χ2n) is 3.19. The van der Waals surface area contributed by atoms with Gasteiger partial charge in [-0.3, -0.25) is 14.5 Å². The molecule has 1 saturated heterocycles. The van der Waals surface area contributed by atoms with E-state index in [4.69, 9.17) is 0 Å². The van der Waals surface area contributed by atoms with Crippen LogP contribution in [0.15, 0.2) is 17.0 Å². The Labute approximate surface area is 95.8 Å². The lowest BCUT2D eigenvalue weighted by Gasteiger charge is -2.00. The Balaban J connectivity index is 2.29. The largest absolute Gasteiger partial charge is 0.293 e. The zero-order valence-electron chi connectivity index (χ0n) is 8.31. The number of hydrogen-bond donors (Lipinski definition) is 0. The third kappa shape index (κ3) is 1.98. The molecule has 15 heavy (non-hydrogen) atoms. The number of likely N-dealkylation sites (N-methyl/N-ethyl adjacent to an activating group) is 1. The van der Waals surface area contributed by atoms with E-state index >= 15 is 0 Å². The molecule has 1 fully saturated rings. The molecule has 1 aromatic heterocycles. The molecule has 0 spiro atoms. The number of hydrogen-bond acceptors (Lipinski definition) is 4. The van der Waals surface area contributed by atoms with E-state index in [1.165, 1.54) is 11.9 Å². The molecule has 0 atom stereocenters. The van der Waals surface area contributed by atoms with Crippen molar-refractivity contribution in [2.45, 2.75) is 6.92 Å². The van der Waals surface area contributed by atoms with Gasteiger partial charge in [-0.25, -0.2) is 0 Å². The van der Waals surface area contributed by atoms with Crippen molar-refractivity contribution in [1.82, 2.24) is 4.90 Å². The molecule has 0 saturated carbocycles. The summed E-state index contributed by atoms with van der Waals surface area (Å²) in [6.45, 7) is 2.01. The highest BCUT2D eigenvalue weighted by atomic mass is 32.2. The molecule has 1 aliphatic heterocycles. The minimum atomic E-state index is -0.212. The van der Waals surface area contributed by atoms with Crippen molar-refractivity contribution in [3.05, 3.63) is 26.8 Å². The Morgan fingerprint density at radius 3 is 2.53 bits per heavy atom. The van der Waals surface area contributed by atoms with Crippen molar-refractivity contribution < 1.29 is 9.59 Å². The van der Waals surface area contributed by atoms with Gasteiger partial charge in [-0.05, 0) is 36.9 Å². The van der Waals surface area contributed by atoms with Gasteiger partial charge < -0.3 is 0 Å². The molecule has 0 aromatic carbocycles. The highest BCUT2D eigenvalue weighted by Gasteiger charge is 2.31. The van der Waals surface area contributed by atoms with Crippen LogP contribution in [-0.2, 0) is 4.79 Å². The SMILES string of the molecule is Cc1ccc(/C=C2/SC(=O)N(C)C2=O)s1. The number of thiophene rings is 1. The van der Waals surface area contributed by atoms with Gasteiger partial charge in [0.25, 0.3) is 11.1 Å². The Morgan fingerprint density at radius 1 is 1.33 bits per heavy atom. The average molecular weight is 239 g/mol. The van der Waals surface area contributed by atoms with Gasteiger partial charge in [-0.2, -0.15) is 0 Å². The smallest absolute Gasteiger partial charge is 0.272 e. The summed E-state index contributed by atoms with van der Waals surface area (Å²) < 4.78 is 0. The van der Waals surface area contributed by atoms with E-state index in [1.54, 1.807) is 17.4 Å². The molecule has 2 rings (SSSR count). The van der Waals surface area contributed by atoms with Crippen LogP contribution < -0.4 is 0 Å². The number of thioether (sulfide) groups is 1. The monoisotopic (exact) mass is 239 g/mol. The summed E-state index contributed by atoms with van der Waals surface area (Å²) in [6, 6.07) is 3.94. The zero-order valence-corrected chi connectivity index (χ0v) is 9.95. The van der Waals surface area contributed by atoms with Crippen LogP contribution in [0.1, 0.15) is 9.75 Å². The van der Waals surface area contributed by atoms with E-state index in [2.05, 4.69) is 0 Å². The van der Waals surface area contributed by atoms with Gasteiger partial charge in [0.15, 0.2) is 0 Å². The lowest BCUT2D eigenvalue weighted by Crippen LogP contribution is -2.22. The number of aryl methyl sites for hydroxylation is 1. The first kappa shape index (κ1) is 10.4. The summed E-state index contributed by atoms with van der Waals surface area (Å²) in [5.74, 6) is -0.212. The highest BCUT2D eigenvalue weighted by Crippen LogP contribution is 2.32. The number of amides is 2. The maximum atomic E-state index is 11.5. The van der Waals surface area contributed by atoms with Crippen molar-refractivity contribution in [2.24, 2.45) is 0 Å². The molecule has 0 radical (unpaired) electrons. The van der Waals surface area contributed by atoms with Gasteiger partial charge in [-0.15, -0.1) is 11.3 Å². The summed E-state index contributed by atoms with van der Waals surface area (Å²) in [6.07, 6.45) is 1.77. The molecule has 1 aromatic rings. The molecule has 78 valence electrons. The van der Waals surface area contributed by atoms with Crippen LogP contribution in [0, 0.1) is 6.92 Å². The van der Waals surface area contributed by atoms with Gasteiger partial charge in [0.2, 0.25) is 0 Å². The molecule has 2 amide bonds. The summed E-state index contributed by atoms with van der Waals surface area (Å²) in [4.78, 5) is 26.6. The molecule has 0 bridgehead atoms. The normalized spacial score (nSPS) is 19.3. The fraction of sp³-hybridized carbons (Fsp3) is 0.200. The quantitative estimate of drug-likeness (QED) is 0.707. The minimum absolute atomic E-state index is 0.209. The van der Waals surface area contributed by atoms with Gasteiger partial charge in [0.1, 0.15) is 0 Å². The van der Waals surface area contributed by atoms with Gasteiger partial charge in [0, 0.05) is 16.8 Å². The predicted octanol–water partition coefficient (Wildman–Crippen LogP) is 2.72. The van der Waals surface area contributed by atoms with E-state index in [-0.39, 0.29) is 11.1 Å². The lowest BCUT2D eigenvalue weighted by molar-refractivity contribution is -0.121. The van der Waals surface area contributed by atoms with E-state index < -0.39 is 0 Å². The third-order valence-corrected chi connectivity index (χ3v) is 3.93. The second kappa shape index (κ2) is 3.83. The van der Waals surface area contributed by atoms with Crippen LogP contribution in [0.5, 0.6) is 0 Å². The Hall–Kier alpha value is -1.07. The number of carbonyl (C=O) groups is 2. The minimum Gasteiger partial charge on any atom is -0.272 e. The first-order valence-electron chi connectivity index (χ1n) is 4.36. The standard InChI is InChI=1S/C10H9NO2S2/c1-6-3-4-7(14-6)5-8-9(12)11(2)10(13)15-8/h3-5H,1-2H3/b8-5+. The fourth-order valence-corrected chi connectivity index (χ4v) is 2.92. The first-order chi connectivity index (χ1) is 7.08. The number of rotatable bonds is 1. The van der Waals surface area contributed by atoms with Crippen LogP contribution >= 0.6 is 23.1 Å². The molecular weight excluding hydrogens is 230 g/mol. The van der Waals surface area contributed by atoms with Crippen molar-refractivity contribution in [3.8, 4) is 0 Å². The van der Waals surface area contributed by atoms with Crippen LogP contribution in [0.4, 0.5) is 4.79 Å². The van der Waals surface area contributed by atoms with Gasteiger partial charge in [0.05, 0.1) is 4.91 Å². The topological polar surface area (TPSA) is 37.4 Å². The summed E-state index contributed by atoms with van der Waals surface area (Å²) in [7, 11) is 1.50. The van der Waals surface area contributed by atoms with Crippen LogP contribution in [0.3, 0.4) is 0 Å². The first-order valence-corrected chi connectivity index (χ1v) is 5.99. The maximum absolute atomic E-state index is 11.5. The molecule has 1 aliphatic rings. The molecule has 3 nitrogen and oxygen atoms in total.